The number of piperidine rings is 1. The third kappa shape index (κ3) is 4.26. The van der Waals surface area contributed by atoms with Crippen molar-refractivity contribution in [2.75, 3.05) is 39.4 Å². The summed E-state index contributed by atoms with van der Waals surface area (Å²) in [7, 11) is 2.07. The van der Waals surface area contributed by atoms with Crippen molar-refractivity contribution in [1.29, 1.82) is 0 Å². The largest absolute Gasteiger partial charge is 0.379 e. The van der Waals surface area contributed by atoms with Gasteiger partial charge in [-0.2, -0.15) is 0 Å². The first-order valence-corrected chi connectivity index (χ1v) is 10.2. The van der Waals surface area contributed by atoms with Gasteiger partial charge in [0.15, 0.2) is 0 Å². The summed E-state index contributed by atoms with van der Waals surface area (Å²) in [4.78, 5) is 17.0. The molecule has 144 valence electrons. The quantitative estimate of drug-likeness (QED) is 0.769. The van der Waals surface area contributed by atoms with Crippen molar-refractivity contribution >= 4 is 5.91 Å². The Bertz CT molecular complexity index is 621. The van der Waals surface area contributed by atoms with Crippen molar-refractivity contribution in [3.63, 3.8) is 0 Å². The monoisotopic (exact) mass is 361 g/mol. The molecule has 3 fully saturated rings. The molecular weight excluding hydrogens is 330 g/mol. The molecule has 1 aromatic rings. The number of carbonyl (C=O) groups excluding carboxylic acids is 1. The highest BCUT2D eigenvalue weighted by atomic mass is 16.5. The zero-order chi connectivity index (χ0) is 17.9. The van der Waals surface area contributed by atoms with Gasteiger partial charge in [-0.25, -0.2) is 0 Å². The van der Waals surface area contributed by atoms with Crippen molar-refractivity contribution in [2.45, 2.75) is 51.0 Å². The lowest BCUT2D eigenvalue weighted by molar-refractivity contribution is -0.132. The Morgan fingerprint density at radius 2 is 1.96 bits per heavy atom. The molecule has 2 aliphatic heterocycles. The predicted molar refractivity (Wildman–Crippen MR) is 97.6 cm³/mol. The Morgan fingerprint density at radius 3 is 2.73 bits per heavy atom. The summed E-state index contributed by atoms with van der Waals surface area (Å²) >= 11 is 0. The maximum atomic E-state index is 12.5. The summed E-state index contributed by atoms with van der Waals surface area (Å²) in [6.07, 6.45) is 6.59. The first-order chi connectivity index (χ1) is 12.7. The fourth-order valence-electron chi connectivity index (χ4n) is 4.13. The van der Waals surface area contributed by atoms with E-state index in [1.807, 2.05) is 0 Å². The van der Waals surface area contributed by atoms with Gasteiger partial charge in [-0.15, -0.1) is 10.2 Å². The molecule has 1 aliphatic carbocycles. The van der Waals surface area contributed by atoms with E-state index in [2.05, 4.69) is 31.6 Å². The van der Waals surface area contributed by atoms with Crippen molar-refractivity contribution in [3.8, 4) is 0 Å². The van der Waals surface area contributed by atoms with Gasteiger partial charge >= 0.3 is 0 Å². The minimum atomic E-state index is 0.310. The van der Waals surface area contributed by atoms with Crippen LogP contribution in [-0.2, 0) is 23.1 Å². The molecule has 7 heteroatoms. The highest BCUT2D eigenvalue weighted by molar-refractivity contribution is 5.76. The molecule has 2 saturated heterocycles. The van der Waals surface area contributed by atoms with Crippen LogP contribution >= 0.6 is 0 Å². The van der Waals surface area contributed by atoms with E-state index in [-0.39, 0.29) is 0 Å². The van der Waals surface area contributed by atoms with Crippen LogP contribution in [0, 0.1) is 5.92 Å². The summed E-state index contributed by atoms with van der Waals surface area (Å²) in [5.74, 6) is 3.51. The molecule has 3 aliphatic rings. The van der Waals surface area contributed by atoms with Crippen molar-refractivity contribution in [3.05, 3.63) is 11.6 Å². The molecule has 1 unspecified atom stereocenters. The van der Waals surface area contributed by atoms with Crippen LogP contribution in [0.15, 0.2) is 0 Å². The fourth-order valence-corrected chi connectivity index (χ4v) is 4.13. The lowest BCUT2D eigenvalue weighted by atomic mass is 9.96. The minimum Gasteiger partial charge on any atom is -0.379 e. The van der Waals surface area contributed by atoms with Crippen LogP contribution in [0.2, 0.25) is 0 Å². The number of hydrogen-bond acceptors (Lipinski definition) is 5. The summed E-state index contributed by atoms with van der Waals surface area (Å²) in [5, 5.41) is 8.95. The van der Waals surface area contributed by atoms with E-state index in [0.717, 1.165) is 89.2 Å². The number of aromatic nitrogens is 3. The lowest BCUT2D eigenvalue weighted by Crippen LogP contribution is -2.39. The SMILES string of the molecule is Cn1c(CN2CCOCC2)nnc1C1CCCN(C(=O)CCC2CC2)C1. The first kappa shape index (κ1) is 17.9. The van der Waals surface area contributed by atoms with Gasteiger partial charge in [0.1, 0.15) is 11.6 Å². The Balaban J connectivity index is 1.36. The Hall–Kier alpha value is -1.47. The van der Waals surface area contributed by atoms with Crippen LogP contribution in [-0.4, -0.2) is 69.9 Å². The normalized spacial score (nSPS) is 24.8. The Kier molecular flexibility index (Phi) is 5.55. The van der Waals surface area contributed by atoms with E-state index in [1.165, 1.54) is 12.8 Å². The van der Waals surface area contributed by atoms with Crippen LogP contribution in [0.1, 0.15) is 56.1 Å². The van der Waals surface area contributed by atoms with E-state index in [4.69, 9.17) is 4.74 Å². The lowest BCUT2D eigenvalue weighted by Gasteiger charge is -2.32. The second-order valence-electron chi connectivity index (χ2n) is 8.08. The van der Waals surface area contributed by atoms with Gasteiger partial charge in [0.2, 0.25) is 5.91 Å². The summed E-state index contributed by atoms with van der Waals surface area (Å²) in [6.45, 7) is 6.02. The van der Waals surface area contributed by atoms with Gasteiger partial charge in [-0.1, -0.05) is 12.8 Å². The second-order valence-corrected chi connectivity index (χ2v) is 8.08. The first-order valence-electron chi connectivity index (χ1n) is 10.2. The smallest absolute Gasteiger partial charge is 0.222 e. The number of carbonyl (C=O) groups is 1. The molecule has 1 atom stereocenters. The molecule has 1 saturated carbocycles. The molecule has 3 heterocycles. The molecule has 0 bridgehead atoms. The average Bonchev–Trinajstić information content (AvgIpc) is 3.44. The van der Waals surface area contributed by atoms with Gasteiger partial charge in [-0.3, -0.25) is 9.69 Å². The molecule has 26 heavy (non-hydrogen) atoms. The third-order valence-electron chi connectivity index (χ3n) is 6.07. The molecule has 0 spiro atoms. The van der Waals surface area contributed by atoms with Crippen LogP contribution in [0.4, 0.5) is 0 Å². The summed E-state index contributed by atoms with van der Waals surface area (Å²) in [5.41, 5.74) is 0. The zero-order valence-corrected chi connectivity index (χ0v) is 15.9. The molecule has 0 N–H and O–H groups in total. The van der Waals surface area contributed by atoms with Crippen LogP contribution < -0.4 is 0 Å². The average molecular weight is 361 g/mol. The maximum absolute atomic E-state index is 12.5. The Labute approximate surface area is 155 Å². The van der Waals surface area contributed by atoms with E-state index in [0.29, 0.717) is 11.8 Å². The van der Waals surface area contributed by atoms with Crippen molar-refractivity contribution < 1.29 is 9.53 Å². The van der Waals surface area contributed by atoms with E-state index in [9.17, 15) is 4.79 Å². The van der Waals surface area contributed by atoms with E-state index in [1.54, 1.807) is 0 Å². The van der Waals surface area contributed by atoms with E-state index < -0.39 is 0 Å². The molecule has 7 nitrogen and oxygen atoms in total. The van der Waals surface area contributed by atoms with Crippen molar-refractivity contribution in [2.24, 2.45) is 13.0 Å². The number of rotatable bonds is 6. The summed E-state index contributed by atoms with van der Waals surface area (Å²) in [6, 6.07) is 0. The van der Waals surface area contributed by atoms with Crippen LogP contribution in [0.25, 0.3) is 0 Å². The predicted octanol–water partition coefficient (Wildman–Crippen LogP) is 1.54. The fraction of sp³-hybridized carbons (Fsp3) is 0.842. The van der Waals surface area contributed by atoms with Gasteiger partial charge in [0.05, 0.1) is 19.8 Å². The topological polar surface area (TPSA) is 63.5 Å². The zero-order valence-electron chi connectivity index (χ0n) is 15.9. The third-order valence-corrected chi connectivity index (χ3v) is 6.07. The van der Waals surface area contributed by atoms with Gasteiger partial charge in [0.25, 0.3) is 0 Å². The number of likely N-dealkylation sites (tertiary alicyclic amines) is 1. The number of hydrogen-bond donors (Lipinski definition) is 0. The van der Waals surface area contributed by atoms with E-state index >= 15 is 0 Å². The molecule has 0 aromatic carbocycles. The number of morpholine rings is 1. The van der Waals surface area contributed by atoms with Gasteiger partial charge < -0.3 is 14.2 Å². The Morgan fingerprint density at radius 1 is 1.15 bits per heavy atom. The van der Waals surface area contributed by atoms with Gasteiger partial charge in [0, 0.05) is 45.6 Å². The molecular formula is C19H31N5O2. The number of amides is 1. The highest BCUT2D eigenvalue weighted by Crippen LogP contribution is 2.34. The second kappa shape index (κ2) is 8.05. The standard InChI is InChI=1S/C19H31N5O2/c1-22-17(14-23-9-11-26-12-10-23)20-21-19(22)16-3-2-8-24(13-16)18(25)7-6-15-4-5-15/h15-16H,2-14H2,1H3. The summed E-state index contributed by atoms with van der Waals surface area (Å²) < 4.78 is 7.57. The highest BCUT2D eigenvalue weighted by Gasteiger charge is 2.30. The van der Waals surface area contributed by atoms with Gasteiger partial charge in [-0.05, 0) is 25.2 Å². The molecule has 1 aromatic heterocycles. The molecule has 0 radical (unpaired) electrons. The molecule has 1 amide bonds. The maximum Gasteiger partial charge on any atom is 0.222 e. The number of nitrogens with zero attached hydrogens (tertiary/aromatic N) is 5. The molecule has 4 rings (SSSR count). The minimum absolute atomic E-state index is 0.310. The number of ether oxygens (including phenoxy) is 1. The van der Waals surface area contributed by atoms with Crippen LogP contribution in [0.3, 0.4) is 0 Å². The van der Waals surface area contributed by atoms with Crippen molar-refractivity contribution in [1.82, 2.24) is 24.6 Å². The van der Waals surface area contributed by atoms with Crippen LogP contribution in [0.5, 0.6) is 0 Å².